The molecule has 1 heterocycles. The second-order valence-electron chi connectivity index (χ2n) is 5.17. The maximum atomic E-state index is 13.5. The van der Waals surface area contributed by atoms with Crippen LogP contribution in [0.25, 0.3) is 0 Å². The van der Waals surface area contributed by atoms with E-state index >= 15 is 0 Å². The van der Waals surface area contributed by atoms with Crippen molar-refractivity contribution in [3.8, 4) is 0 Å². The molecule has 1 aromatic carbocycles. The van der Waals surface area contributed by atoms with Crippen LogP contribution in [0.1, 0.15) is 27.4 Å². The van der Waals surface area contributed by atoms with Gasteiger partial charge in [0, 0.05) is 16.3 Å². The second kappa shape index (κ2) is 8.73. The molecule has 1 aromatic heterocycles. The van der Waals surface area contributed by atoms with Crippen molar-refractivity contribution in [3.05, 3.63) is 50.9 Å². The van der Waals surface area contributed by atoms with Crippen LogP contribution in [-0.2, 0) is 14.3 Å². The molecule has 0 unspecified atom stereocenters. The van der Waals surface area contributed by atoms with Gasteiger partial charge in [0.2, 0.25) is 0 Å². The number of ether oxygens (including phenoxy) is 1. The summed E-state index contributed by atoms with van der Waals surface area (Å²) in [5, 5.41) is 2.52. The van der Waals surface area contributed by atoms with Crippen molar-refractivity contribution in [2.45, 2.75) is 19.8 Å². The van der Waals surface area contributed by atoms with E-state index in [1.54, 1.807) is 6.07 Å². The first-order chi connectivity index (χ1) is 11.8. The highest BCUT2D eigenvalue weighted by Crippen LogP contribution is 2.19. The standard InChI is InChI=1S/C17H15ClFNO4S/c1-10-2-6-15(25-10)14(21)5-7-17(23)24-9-16(22)20-13-8-11(18)3-4-12(13)19/h2-4,6,8H,5,7,9H2,1H3,(H,20,22). The van der Waals surface area contributed by atoms with Gasteiger partial charge in [-0.05, 0) is 37.3 Å². The lowest BCUT2D eigenvalue weighted by molar-refractivity contribution is -0.147. The van der Waals surface area contributed by atoms with Crippen LogP contribution in [0.15, 0.2) is 30.3 Å². The van der Waals surface area contributed by atoms with Gasteiger partial charge in [-0.25, -0.2) is 4.39 Å². The van der Waals surface area contributed by atoms with E-state index in [0.717, 1.165) is 10.9 Å². The van der Waals surface area contributed by atoms with E-state index < -0.39 is 24.3 Å². The Kier molecular flexibility index (Phi) is 6.66. The lowest BCUT2D eigenvalue weighted by Gasteiger charge is -2.07. The minimum Gasteiger partial charge on any atom is -0.456 e. The van der Waals surface area contributed by atoms with Crippen LogP contribution in [0.4, 0.5) is 10.1 Å². The van der Waals surface area contributed by atoms with Crippen LogP contribution in [0.3, 0.4) is 0 Å². The number of nitrogens with one attached hydrogen (secondary N) is 1. The number of hydrogen-bond donors (Lipinski definition) is 1. The number of amides is 1. The predicted molar refractivity (Wildman–Crippen MR) is 93.6 cm³/mol. The molecular weight excluding hydrogens is 369 g/mol. The van der Waals surface area contributed by atoms with Crippen molar-refractivity contribution in [1.29, 1.82) is 0 Å². The summed E-state index contributed by atoms with van der Waals surface area (Å²) in [6, 6.07) is 7.25. The van der Waals surface area contributed by atoms with Crippen LogP contribution >= 0.6 is 22.9 Å². The molecule has 0 spiro atoms. The molecule has 5 nitrogen and oxygen atoms in total. The van der Waals surface area contributed by atoms with E-state index in [-0.39, 0.29) is 29.3 Å². The number of hydrogen-bond acceptors (Lipinski definition) is 5. The van der Waals surface area contributed by atoms with Gasteiger partial charge in [-0.1, -0.05) is 11.6 Å². The van der Waals surface area contributed by atoms with E-state index in [9.17, 15) is 18.8 Å². The van der Waals surface area contributed by atoms with Crippen LogP contribution < -0.4 is 5.32 Å². The van der Waals surface area contributed by atoms with Crippen molar-refractivity contribution in [2.75, 3.05) is 11.9 Å². The van der Waals surface area contributed by atoms with Crippen LogP contribution in [0, 0.1) is 12.7 Å². The molecule has 0 aliphatic carbocycles. The minimum atomic E-state index is -0.699. The second-order valence-corrected chi connectivity index (χ2v) is 6.89. The molecule has 25 heavy (non-hydrogen) atoms. The van der Waals surface area contributed by atoms with Gasteiger partial charge in [0.05, 0.1) is 17.0 Å². The fourth-order valence-corrected chi connectivity index (χ4v) is 2.93. The molecule has 0 bridgehead atoms. The van der Waals surface area contributed by atoms with Crippen molar-refractivity contribution in [2.24, 2.45) is 0 Å². The molecular formula is C17H15ClFNO4S. The Bertz CT molecular complexity index is 806. The van der Waals surface area contributed by atoms with Gasteiger partial charge < -0.3 is 10.1 Å². The lowest BCUT2D eigenvalue weighted by Crippen LogP contribution is -2.21. The molecule has 0 atom stereocenters. The molecule has 0 aliphatic heterocycles. The number of ketones is 1. The summed E-state index contributed by atoms with van der Waals surface area (Å²) in [7, 11) is 0. The van der Waals surface area contributed by atoms with E-state index in [2.05, 4.69) is 5.32 Å². The van der Waals surface area contributed by atoms with E-state index in [4.69, 9.17) is 16.3 Å². The highest BCUT2D eigenvalue weighted by Gasteiger charge is 2.14. The Morgan fingerprint density at radius 1 is 1.20 bits per heavy atom. The summed E-state index contributed by atoms with van der Waals surface area (Å²) in [6.07, 6.45) is -0.127. The van der Waals surface area contributed by atoms with Crippen LogP contribution in [-0.4, -0.2) is 24.3 Å². The largest absolute Gasteiger partial charge is 0.456 e. The SMILES string of the molecule is Cc1ccc(C(=O)CCC(=O)OCC(=O)Nc2cc(Cl)ccc2F)s1. The fraction of sp³-hybridized carbons (Fsp3) is 0.235. The molecule has 0 aliphatic rings. The Morgan fingerprint density at radius 2 is 1.96 bits per heavy atom. The fourth-order valence-electron chi connectivity index (χ4n) is 1.92. The smallest absolute Gasteiger partial charge is 0.306 e. The summed E-state index contributed by atoms with van der Waals surface area (Å²) in [5.41, 5.74) is -0.100. The predicted octanol–water partition coefficient (Wildman–Crippen LogP) is 3.99. The van der Waals surface area contributed by atoms with E-state index in [1.165, 1.54) is 23.5 Å². The van der Waals surface area contributed by atoms with Crippen molar-refractivity contribution in [1.82, 2.24) is 0 Å². The summed E-state index contributed by atoms with van der Waals surface area (Å²) in [4.78, 5) is 36.8. The Hall–Kier alpha value is -2.25. The van der Waals surface area contributed by atoms with Gasteiger partial charge in [-0.2, -0.15) is 0 Å². The Balaban J connectivity index is 1.75. The topological polar surface area (TPSA) is 72.5 Å². The number of Topliss-reactive ketones (excluding diaryl/α,β-unsaturated/α-hetero) is 1. The molecule has 1 amide bonds. The molecule has 0 saturated heterocycles. The zero-order valence-electron chi connectivity index (χ0n) is 13.3. The minimum absolute atomic E-state index is 0.00330. The summed E-state index contributed by atoms with van der Waals surface area (Å²) < 4.78 is 18.3. The summed E-state index contributed by atoms with van der Waals surface area (Å²) in [6.45, 7) is 1.31. The van der Waals surface area contributed by atoms with Gasteiger partial charge >= 0.3 is 5.97 Å². The molecule has 2 rings (SSSR count). The molecule has 8 heteroatoms. The number of rotatable bonds is 7. The quantitative estimate of drug-likeness (QED) is 0.579. The number of esters is 1. The third-order valence-electron chi connectivity index (χ3n) is 3.14. The Morgan fingerprint density at radius 3 is 2.64 bits per heavy atom. The van der Waals surface area contributed by atoms with Crippen LogP contribution in [0.2, 0.25) is 5.02 Å². The third kappa shape index (κ3) is 5.95. The van der Waals surface area contributed by atoms with Crippen molar-refractivity contribution in [3.63, 3.8) is 0 Å². The number of carbonyl (C=O) groups is 3. The molecule has 2 aromatic rings. The maximum absolute atomic E-state index is 13.5. The highest BCUT2D eigenvalue weighted by atomic mass is 35.5. The molecule has 0 saturated carbocycles. The average Bonchev–Trinajstić information content (AvgIpc) is 3.00. The first-order valence-electron chi connectivity index (χ1n) is 7.35. The zero-order valence-corrected chi connectivity index (χ0v) is 14.9. The van der Waals surface area contributed by atoms with Gasteiger partial charge in [0.25, 0.3) is 5.91 Å². The Labute approximate surface area is 152 Å². The number of halogens is 2. The zero-order chi connectivity index (χ0) is 18.4. The van der Waals surface area contributed by atoms with E-state index in [0.29, 0.717) is 4.88 Å². The van der Waals surface area contributed by atoms with Crippen LogP contribution in [0.5, 0.6) is 0 Å². The average molecular weight is 384 g/mol. The molecule has 1 N–H and O–H groups in total. The molecule has 0 radical (unpaired) electrons. The number of anilines is 1. The third-order valence-corrected chi connectivity index (χ3v) is 4.41. The summed E-state index contributed by atoms with van der Waals surface area (Å²) in [5.74, 6) is -2.18. The number of carbonyl (C=O) groups excluding carboxylic acids is 3. The van der Waals surface area contributed by atoms with Gasteiger partial charge in [-0.3, -0.25) is 14.4 Å². The highest BCUT2D eigenvalue weighted by molar-refractivity contribution is 7.14. The number of benzene rings is 1. The van der Waals surface area contributed by atoms with Crippen molar-refractivity contribution >= 4 is 46.3 Å². The van der Waals surface area contributed by atoms with E-state index in [1.807, 2.05) is 13.0 Å². The maximum Gasteiger partial charge on any atom is 0.306 e. The van der Waals surface area contributed by atoms with Gasteiger partial charge in [-0.15, -0.1) is 11.3 Å². The number of aryl methyl sites for hydroxylation is 1. The lowest BCUT2D eigenvalue weighted by atomic mass is 10.2. The monoisotopic (exact) mass is 383 g/mol. The first-order valence-corrected chi connectivity index (χ1v) is 8.55. The summed E-state index contributed by atoms with van der Waals surface area (Å²) >= 11 is 7.07. The number of thiophene rings is 1. The van der Waals surface area contributed by atoms with Gasteiger partial charge in [0.1, 0.15) is 5.82 Å². The normalized spacial score (nSPS) is 10.4. The molecule has 0 fully saturated rings. The first kappa shape index (κ1) is 19.1. The molecule has 132 valence electrons. The van der Waals surface area contributed by atoms with Crippen molar-refractivity contribution < 1.29 is 23.5 Å². The van der Waals surface area contributed by atoms with Gasteiger partial charge in [0.15, 0.2) is 12.4 Å².